The Morgan fingerprint density at radius 1 is 1.08 bits per heavy atom. The number of nitrogens with zero attached hydrogens (tertiary/aromatic N) is 1. The quantitative estimate of drug-likeness (QED) is 0.807. The molecule has 132 valence electrons. The van der Waals surface area contributed by atoms with Crippen LogP contribution in [0.5, 0.6) is 0 Å². The number of aliphatic carboxylic acids is 1. The monoisotopic (exact) mass is 394 g/mol. The van der Waals surface area contributed by atoms with Gasteiger partial charge in [-0.3, -0.25) is 4.79 Å². The predicted molar refractivity (Wildman–Crippen MR) is 99.3 cm³/mol. The van der Waals surface area contributed by atoms with E-state index in [0.717, 1.165) is 29.0 Å². The minimum atomic E-state index is -0.712. The van der Waals surface area contributed by atoms with E-state index >= 15 is 0 Å². The summed E-state index contributed by atoms with van der Waals surface area (Å²) in [6.45, 7) is 5.71. The molecule has 0 radical (unpaired) electrons. The Balaban J connectivity index is 0.000000175. The topological polar surface area (TPSA) is 52.6 Å². The largest absolute Gasteiger partial charge is 0.481 e. The minimum Gasteiger partial charge on any atom is -0.481 e. The van der Waals surface area contributed by atoms with Gasteiger partial charge in [0.2, 0.25) is 0 Å². The fourth-order valence-electron chi connectivity index (χ4n) is 4.11. The molecule has 4 aliphatic heterocycles. The van der Waals surface area contributed by atoms with Crippen LogP contribution in [0.15, 0.2) is 28.7 Å². The zero-order chi connectivity index (χ0) is 17.0. The van der Waals surface area contributed by atoms with E-state index in [2.05, 4.69) is 26.1 Å². The van der Waals surface area contributed by atoms with Crippen molar-refractivity contribution in [2.75, 3.05) is 32.7 Å². The Kier molecular flexibility index (Phi) is 5.95. The molecule has 5 rings (SSSR count). The number of nitrogens with one attached hydrogen (secondary N) is 1. The number of halogens is 1. The Bertz CT molecular complexity index is 524. The third-order valence-corrected chi connectivity index (χ3v) is 6.35. The summed E-state index contributed by atoms with van der Waals surface area (Å²) in [5, 5.41) is 12.7. The zero-order valence-corrected chi connectivity index (χ0v) is 15.7. The molecule has 0 aliphatic carbocycles. The van der Waals surface area contributed by atoms with Crippen molar-refractivity contribution in [2.45, 2.75) is 37.5 Å². The predicted octanol–water partition coefficient (Wildman–Crippen LogP) is 3.26. The first kappa shape index (κ1) is 17.9. The number of carbonyl (C=O) groups is 1. The standard InChI is InChI=1S/C12H14BrNO2.C7H13N/c13-10-3-1-9(2-4-10)12(11(15)16)5-7-14-8-6-12;1-4-8-5-2-7(1)3-6-8/h1-4,14H,5-8H2,(H,15,16);7H,1-6H2. The van der Waals surface area contributed by atoms with E-state index in [1.807, 2.05) is 24.3 Å². The van der Waals surface area contributed by atoms with E-state index in [1.165, 1.54) is 38.9 Å². The molecule has 4 saturated heterocycles. The smallest absolute Gasteiger partial charge is 0.314 e. The van der Waals surface area contributed by atoms with Crippen molar-refractivity contribution in [3.05, 3.63) is 34.3 Å². The summed E-state index contributed by atoms with van der Waals surface area (Å²) in [6.07, 6.45) is 5.77. The number of carboxylic acid groups (broad SMARTS) is 1. The van der Waals surface area contributed by atoms with Crippen molar-refractivity contribution in [2.24, 2.45) is 5.92 Å². The van der Waals surface area contributed by atoms with Crippen molar-refractivity contribution in [1.29, 1.82) is 0 Å². The van der Waals surface area contributed by atoms with Crippen LogP contribution in [0, 0.1) is 5.92 Å². The molecule has 0 amide bonds. The molecule has 5 heteroatoms. The third-order valence-electron chi connectivity index (χ3n) is 5.82. The number of carboxylic acids is 1. The van der Waals surface area contributed by atoms with Crippen molar-refractivity contribution in [3.8, 4) is 0 Å². The molecule has 4 nitrogen and oxygen atoms in total. The Morgan fingerprint density at radius 2 is 1.62 bits per heavy atom. The van der Waals surface area contributed by atoms with Crippen LogP contribution in [0.2, 0.25) is 0 Å². The first-order valence-electron chi connectivity index (χ1n) is 9.03. The maximum Gasteiger partial charge on any atom is 0.314 e. The van der Waals surface area contributed by atoms with Crippen molar-refractivity contribution in [3.63, 3.8) is 0 Å². The fraction of sp³-hybridized carbons (Fsp3) is 0.632. The molecule has 24 heavy (non-hydrogen) atoms. The van der Waals surface area contributed by atoms with Gasteiger partial charge in [-0.2, -0.15) is 0 Å². The molecule has 1 aromatic carbocycles. The molecule has 0 spiro atoms. The summed E-state index contributed by atoms with van der Waals surface area (Å²) in [5.74, 6) is 0.399. The van der Waals surface area contributed by atoms with Gasteiger partial charge in [-0.15, -0.1) is 0 Å². The van der Waals surface area contributed by atoms with Crippen LogP contribution in [0.25, 0.3) is 0 Å². The van der Waals surface area contributed by atoms with E-state index in [-0.39, 0.29) is 0 Å². The number of hydrogen-bond acceptors (Lipinski definition) is 3. The highest BCUT2D eigenvalue weighted by molar-refractivity contribution is 9.10. The van der Waals surface area contributed by atoms with Crippen molar-refractivity contribution in [1.82, 2.24) is 10.2 Å². The van der Waals surface area contributed by atoms with Gasteiger partial charge in [-0.25, -0.2) is 0 Å². The van der Waals surface area contributed by atoms with Crippen LogP contribution in [0.1, 0.15) is 37.7 Å². The molecular weight excluding hydrogens is 368 g/mol. The normalized spacial score (nSPS) is 27.9. The SMILES string of the molecule is C1CN2CCC1CC2.O=C(O)C1(c2ccc(Br)cc2)CCNCC1. The highest BCUT2D eigenvalue weighted by Gasteiger charge is 2.41. The molecule has 1 aromatic rings. The van der Waals surface area contributed by atoms with E-state index in [1.54, 1.807) is 0 Å². The lowest BCUT2D eigenvalue weighted by atomic mass is 9.73. The molecule has 0 saturated carbocycles. The van der Waals surface area contributed by atoms with Gasteiger partial charge in [0.05, 0.1) is 5.41 Å². The highest BCUT2D eigenvalue weighted by Crippen LogP contribution is 2.34. The number of hydrogen-bond donors (Lipinski definition) is 2. The number of benzene rings is 1. The van der Waals surface area contributed by atoms with Crippen molar-refractivity contribution >= 4 is 21.9 Å². The zero-order valence-electron chi connectivity index (χ0n) is 14.1. The van der Waals surface area contributed by atoms with E-state index in [0.29, 0.717) is 12.8 Å². The van der Waals surface area contributed by atoms with E-state index < -0.39 is 11.4 Å². The molecule has 4 aliphatic rings. The molecule has 4 fully saturated rings. The van der Waals surface area contributed by atoms with E-state index in [4.69, 9.17) is 0 Å². The van der Waals surface area contributed by atoms with Crippen LogP contribution in [-0.4, -0.2) is 48.7 Å². The Labute approximate surface area is 152 Å². The average molecular weight is 395 g/mol. The average Bonchev–Trinajstić information content (AvgIpc) is 2.65. The summed E-state index contributed by atoms with van der Waals surface area (Å²) in [6, 6.07) is 7.62. The lowest BCUT2D eigenvalue weighted by Gasteiger charge is -2.38. The maximum absolute atomic E-state index is 11.5. The van der Waals surface area contributed by atoms with Gasteiger partial charge in [0.25, 0.3) is 0 Å². The number of rotatable bonds is 2. The molecule has 0 unspecified atom stereocenters. The summed E-state index contributed by atoms with van der Waals surface area (Å²) < 4.78 is 0.978. The Morgan fingerprint density at radius 3 is 2.00 bits per heavy atom. The fourth-order valence-corrected chi connectivity index (χ4v) is 4.38. The number of piperidine rings is 4. The second-order valence-corrected chi connectivity index (χ2v) is 8.13. The third kappa shape index (κ3) is 4.01. The molecule has 2 N–H and O–H groups in total. The second-order valence-electron chi connectivity index (χ2n) is 7.22. The van der Waals surface area contributed by atoms with Crippen LogP contribution in [0.3, 0.4) is 0 Å². The molecule has 2 bridgehead atoms. The van der Waals surface area contributed by atoms with Gasteiger partial charge in [0, 0.05) is 4.47 Å². The van der Waals surface area contributed by atoms with E-state index in [9.17, 15) is 9.90 Å². The van der Waals surface area contributed by atoms with Crippen molar-refractivity contribution < 1.29 is 9.90 Å². The van der Waals surface area contributed by atoms with Gasteiger partial charge >= 0.3 is 5.97 Å². The van der Waals surface area contributed by atoms with Gasteiger partial charge in [-0.05, 0) is 88.4 Å². The Hall–Kier alpha value is -0.910. The summed E-state index contributed by atoms with van der Waals surface area (Å²) >= 11 is 3.36. The first-order chi connectivity index (χ1) is 11.6. The maximum atomic E-state index is 11.5. The molecule has 0 aromatic heterocycles. The molecule has 4 heterocycles. The van der Waals surface area contributed by atoms with Gasteiger partial charge in [0.1, 0.15) is 0 Å². The summed E-state index contributed by atoms with van der Waals surface area (Å²) in [4.78, 5) is 14.1. The van der Waals surface area contributed by atoms with Crippen LogP contribution in [-0.2, 0) is 10.2 Å². The first-order valence-corrected chi connectivity index (χ1v) is 9.82. The van der Waals surface area contributed by atoms with Crippen LogP contribution >= 0.6 is 15.9 Å². The minimum absolute atomic E-state index is 0.657. The highest BCUT2D eigenvalue weighted by atomic mass is 79.9. The van der Waals surface area contributed by atoms with Gasteiger partial charge < -0.3 is 15.3 Å². The van der Waals surface area contributed by atoms with Crippen LogP contribution in [0.4, 0.5) is 0 Å². The second kappa shape index (κ2) is 7.98. The van der Waals surface area contributed by atoms with Crippen LogP contribution < -0.4 is 5.32 Å². The molecule has 0 atom stereocenters. The lowest BCUT2D eigenvalue weighted by Crippen LogP contribution is -2.45. The molecular formula is C19H27BrN2O2. The lowest BCUT2D eigenvalue weighted by molar-refractivity contribution is -0.145. The number of fused-ring (bicyclic) bond motifs is 3. The summed E-state index contributed by atoms with van der Waals surface area (Å²) in [5.41, 5.74) is 0.205. The van der Waals surface area contributed by atoms with Gasteiger partial charge in [-0.1, -0.05) is 28.1 Å². The summed E-state index contributed by atoms with van der Waals surface area (Å²) in [7, 11) is 0. The van der Waals surface area contributed by atoms with Gasteiger partial charge in [0.15, 0.2) is 0 Å².